The SMILES string of the molecule is CCCn1ncc2ncc(Br)cc2c1=O. The smallest absolute Gasteiger partial charge is 0.267 e. The van der Waals surface area contributed by atoms with Crippen LogP contribution in [0.1, 0.15) is 13.3 Å². The number of rotatable bonds is 2. The summed E-state index contributed by atoms with van der Waals surface area (Å²) in [5.41, 5.74) is 0.554. The minimum Gasteiger partial charge on any atom is -0.267 e. The molecule has 0 unspecified atom stereocenters. The summed E-state index contributed by atoms with van der Waals surface area (Å²) >= 11 is 3.30. The first-order valence-electron chi connectivity index (χ1n) is 4.73. The van der Waals surface area contributed by atoms with Crippen molar-refractivity contribution >= 4 is 26.8 Å². The van der Waals surface area contributed by atoms with Crippen LogP contribution in [0.2, 0.25) is 0 Å². The number of hydrogen-bond donors (Lipinski definition) is 0. The Hall–Kier alpha value is -1.23. The molecule has 2 heterocycles. The number of pyridine rings is 1. The van der Waals surface area contributed by atoms with Gasteiger partial charge in [0.15, 0.2) is 0 Å². The van der Waals surface area contributed by atoms with Crippen LogP contribution in [0.5, 0.6) is 0 Å². The molecule has 0 spiro atoms. The van der Waals surface area contributed by atoms with Crippen molar-refractivity contribution in [2.75, 3.05) is 0 Å². The van der Waals surface area contributed by atoms with Gasteiger partial charge in [0.1, 0.15) is 0 Å². The summed E-state index contributed by atoms with van der Waals surface area (Å²) < 4.78 is 2.28. The number of halogens is 1. The summed E-state index contributed by atoms with van der Waals surface area (Å²) in [6, 6.07) is 1.78. The van der Waals surface area contributed by atoms with E-state index in [0.717, 1.165) is 10.9 Å². The molecule has 0 N–H and O–H groups in total. The second kappa shape index (κ2) is 4.10. The van der Waals surface area contributed by atoms with Crippen molar-refractivity contribution in [2.45, 2.75) is 19.9 Å². The quantitative estimate of drug-likeness (QED) is 0.836. The van der Waals surface area contributed by atoms with E-state index in [4.69, 9.17) is 0 Å². The Morgan fingerprint density at radius 2 is 2.27 bits per heavy atom. The van der Waals surface area contributed by atoms with Crippen molar-refractivity contribution in [2.24, 2.45) is 0 Å². The van der Waals surface area contributed by atoms with E-state index in [9.17, 15) is 4.79 Å². The third-order valence-corrected chi connectivity index (χ3v) is 2.54. The maximum absolute atomic E-state index is 11.9. The van der Waals surface area contributed by atoms with E-state index in [-0.39, 0.29) is 5.56 Å². The Morgan fingerprint density at radius 3 is 3.00 bits per heavy atom. The van der Waals surface area contributed by atoms with Gasteiger partial charge in [-0.2, -0.15) is 5.10 Å². The van der Waals surface area contributed by atoms with Crippen molar-refractivity contribution in [3.05, 3.63) is 33.3 Å². The Kier molecular flexibility index (Phi) is 2.81. The molecule has 0 atom stereocenters. The zero-order valence-electron chi connectivity index (χ0n) is 8.27. The number of aryl methyl sites for hydroxylation is 1. The lowest BCUT2D eigenvalue weighted by atomic mass is 10.3. The van der Waals surface area contributed by atoms with Gasteiger partial charge in [-0.25, -0.2) is 4.68 Å². The van der Waals surface area contributed by atoms with Gasteiger partial charge < -0.3 is 0 Å². The average Bonchev–Trinajstić information content (AvgIpc) is 2.23. The first kappa shape index (κ1) is 10.3. The van der Waals surface area contributed by atoms with Gasteiger partial charge >= 0.3 is 0 Å². The highest BCUT2D eigenvalue weighted by Crippen LogP contribution is 2.12. The number of nitrogens with zero attached hydrogens (tertiary/aromatic N) is 3. The molecule has 0 aliphatic heterocycles. The molecule has 78 valence electrons. The topological polar surface area (TPSA) is 47.8 Å². The van der Waals surface area contributed by atoms with Crippen molar-refractivity contribution < 1.29 is 0 Å². The highest BCUT2D eigenvalue weighted by molar-refractivity contribution is 9.10. The minimum atomic E-state index is -0.0804. The zero-order chi connectivity index (χ0) is 10.8. The van der Waals surface area contributed by atoms with Crippen LogP contribution in [0.25, 0.3) is 10.9 Å². The molecule has 5 heteroatoms. The van der Waals surface area contributed by atoms with Crippen molar-refractivity contribution in [3.63, 3.8) is 0 Å². The predicted octanol–water partition coefficient (Wildman–Crippen LogP) is 1.96. The molecular weight excluding hydrogens is 258 g/mol. The zero-order valence-corrected chi connectivity index (χ0v) is 9.86. The van der Waals surface area contributed by atoms with Gasteiger partial charge in [-0.1, -0.05) is 6.92 Å². The molecular formula is C10H10BrN3O. The van der Waals surface area contributed by atoms with Crippen LogP contribution < -0.4 is 5.56 Å². The van der Waals surface area contributed by atoms with Gasteiger partial charge in [0.25, 0.3) is 5.56 Å². The summed E-state index contributed by atoms with van der Waals surface area (Å²) in [4.78, 5) is 16.0. The van der Waals surface area contributed by atoms with Crippen molar-refractivity contribution in [1.29, 1.82) is 0 Å². The molecule has 2 aromatic rings. The van der Waals surface area contributed by atoms with Crippen molar-refractivity contribution in [3.8, 4) is 0 Å². The van der Waals surface area contributed by atoms with E-state index >= 15 is 0 Å². The Labute approximate surface area is 95.1 Å². The molecule has 0 fully saturated rings. The van der Waals surface area contributed by atoms with Gasteiger partial charge in [0.2, 0.25) is 0 Å². The molecule has 0 aromatic carbocycles. The predicted molar refractivity (Wildman–Crippen MR) is 61.8 cm³/mol. The monoisotopic (exact) mass is 267 g/mol. The van der Waals surface area contributed by atoms with Gasteiger partial charge in [-0.05, 0) is 28.4 Å². The first-order chi connectivity index (χ1) is 7.22. The standard InChI is InChI=1S/C10H10BrN3O/c1-2-3-14-10(15)8-4-7(11)5-12-9(8)6-13-14/h4-6H,2-3H2,1H3. The summed E-state index contributed by atoms with van der Waals surface area (Å²) in [5.74, 6) is 0. The molecule has 0 amide bonds. The summed E-state index contributed by atoms with van der Waals surface area (Å²) in [7, 11) is 0. The number of aromatic nitrogens is 3. The Bertz CT molecular complexity index is 550. The van der Waals surface area contributed by atoms with E-state index in [2.05, 4.69) is 26.0 Å². The third kappa shape index (κ3) is 1.92. The highest BCUT2D eigenvalue weighted by atomic mass is 79.9. The van der Waals surface area contributed by atoms with Crippen LogP contribution in [0.4, 0.5) is 0 Å². The molecule has 15 heavy (non-hydrogen) atoms. The van der Waals surface area contributed by atoms with Crippen LogP contribution >= 0.6 is 15.9 Å². The number of hydrogen-bond acceptors (Lipinski definition) is 3. The largest absolute Gasteiger partial charge is 0.276 e. The second-order valence-electron chi connectivity index (χ2n) is 3.26. The molecule has 0 bridgehead atoms. The van der Waals surface area contributed by atoms with Crippen LogP contribution in [-0.2, 0) is 6.54 Å². The van der Waals surface area contributed by atoms with E-state index in [1.807, 2.05) is 6.92 Å². The van der Waals surface area contributed by atoms with E-state index in [0.29, 0.717) is 17.4 Å². The lowest BCUT2D eigenvalue weighted by Crippen LogP contribution is -2.22. The molecule has 2 rings (SSSR count). The lowest BCUT2D eigenvalue weighted by molar-refractivity contribution is 0.573. The van der Waals surface area contributed by atoms with E-state index in [1.54, 1.807) is 18.5 Å². The van der Waals surface area contributed by atoms with Crippen LogP contribution in [0.15, 0.2) is 27.7 Å². The van der Waals surface area contributed by atoms with E-state index < -0.39 is 0 Å². The molecule has 2 aromatic heterocycles. The molecule has 0 saturated carbocycles. The van der Waals surface area contributed by atoms with Crippen LogP contribution in [-0.4, -0.2) is 14.8 Å². The maximum Gasteiger partial charge on any atom is 0.276 e. The molecule has 0 saturated heterocycles. The van der Waals surface area contributed by atoms with Gasteiger partial charge in [0, 0.05) is 17.2 Å². The van der Waals surface area contributed by atoms with Crippen LogP contribution in [0.3, 0.4) is 0 Å². The minimum absolute atomic E-state index is 0.0804. The average molecular weight is 268 g/mol. The van der Waals surface area contributed by atoms with Crippen molar-refractivity contribution in [1.82, 2.24) is 14.8 Å². The normalized spacial score (nSPS) is 10.8. The van der Waals surface area contributed by atoms with Gasteiger partial charge in [-0.3, -0.25) is 9.78 Å². The number of fused-ring (bicyclic) bond motifs is 1. The Balaban J connectivity index is 2.71. The van der Waals surface area contributed by atoms with Crippen LogP contribution in [0, 0.1) is 0 Å². The molecule has 0 radical (unpaired) electrons. The fourth-order valence-electron chi connectivity index (χ4n) is 1.41. The fourth-order valence-corrected chi connectivity index (χ4v) is 1.74. The summed E-state index contributed by atoms with van der Waals surface area (Å²) in [6.07, 6.45) is 4.17. The highest BCUT2D eigenvalue weighted by Gasteiger charge is 2.04. The van der Waals surface area contributed by atoms with E-state index in [1.165, 1.54) is 4.68 Å². The molecule has 4 nitrogen and oxygen atoms in total. The maximum atomic E-state index is 11.9. The summed E-state index contributed by atoms with van der Waals surface area (Å²) in [6.45, 7) is 2.65. The fraction of sp³-hybridized carbons (Fsp3) is 0.300. The molecule has 0 aliphatic carbocycles. The lowest BCUT2D eigenvalue weighted by Gasteiger charge is -2.03. The Morgan fingerprint density at radius 1 is 1.47 bits per heavy atom. The second-order valence-corrected chi connectivity index (χ2v) is 4.17. The van der Waals surface area contributed by atoms with Gasteiger partial charge in [-0.15, -0.1) is 0 Å². The molecule has 0 aliphatic rings. The third-order valence-electron chi connectivity index (χ3n) is 2.10. The van der Waals surface area contributed by atoms with Gasteiger partial charge in [0.05, 0.1) is 17.1 Å². The summed E-state index contributed by atoms with van der Waals surface area (Å²) in [5, 5.41) is 4.66. The first-order valence-corrected chi connectivity index (χ1v) is 5.53.